The van der Waals surface area contributed by atoms with Crippen LogP contribution in [0.1, 0.15) is 6.92 Å². The van der Waals surface area contributed by atoms with Gasteiger partial charge in [-0.05, 0) is 24.3 Å². The van der Waals surface area contributed by atoms with Crippen molar-refractivity contribution < 1.29 is 70.9 Å². The van der Waals surface area contributed by atoms with E-state index in [9.17, 15) is 13.2 Å². The van der Waals surface area contributed by atoms with Crippen LogP contribution in [0.3, 0.4) is 0 Å². The van der Waals surface area contributed by atoms with E-state index in [4.69, 9.17) is 5.73 Å². The largest absolute Gasteiger partial charge is 1.00 e. The minimum Gasteiger partial charge on any atom is -1.00 e. The summed E-state index contributed by atoms with van der Waals surface area (Å²) in [4.78, 5) is 10.4. The molecule has 0 bridgehead atoms. The zero-order valence-electron chi connectivity index (χ0n) is 8.81. The molecule has 0 saturated carbocycles. The van der Waals surface area contributed by atoms with Crippen LogP contribution in [0.15, 0.2) is 29.2 Å². The van der Waals surface area contributed by atoms with Gasteiger partial charge < -0.3 is 33.9 Å². The Morgan fingerprint density at radius 1 is 1.25 bits per heavy atom. The molecule has 1 aromatic rings. The Labute approximate surface area is 133 Å². The summed E-state index contributed by atoms with van der Waals surface area (Å²) >= 11 is 0. The van der Waals surface area contributed by atoms with Crippen LogP contribution >= 0.6 is 0 Å². The third-order valence-electron chi connectivity index (χ3n) is 1.40. The minimum absolute atomic E-state index is 0. The molecule has 0 unspecified atom stereocenters. The molecule has 0 aliphatic heterocycles. The first-order chi connectivity index (χ1) is 6.42. The average molecular weight is 365 g/mol. The molecule has 0 aliphatic rings. The Kier molecular flexibility index (Phi) is 8.67. The maximum atomic E-state index is 11.3. The van der Waals surface area contributed by atoms with Crippen molar-refractivity contribution >= 4 is 21.8 Å². The molecule has 2 N–H and O–H groups in total. The third kappa shape index (κ3) is 5.48. The first-order valence-electron chi connectivity index (χ1n) is 3.72. The molecule has 8 heteroatoms. The van der Waals surface area contributed by atoms with Gasteiger partial charge in [-0.25, -0.2) is 0 Å². The van der Waals surface area contributed by atoms with Crippen LogP contribution in [0.25, 0.3) is 0 Å². The summed E-state index contributed by atoms with van der Waals surface area (Å²) in [6.45, 7) is 1.02. The summed E-state index contributed by atoms with van der Waals surface area (Å²) in [5.41, 5.74) is 5.81. The van der Waals surface area contributed by atoms with Crippen LogP contribution in [0.2, 0.25) is 0 Å². The molecule has 0 fully saturated rings. The molecule has 16 heavy (non-hydrogen) atoms. The zero-order valence-corrected chi connectivity index (χ0v) is 13.8. The summed E-state index contributed by atoms with van der Waals surface area (Å²) in [7, 11) is -3.98. The van der Waals surface area contributed by atoms with Gasteiger partial charge in [-0.1, -0.05) is 0 Å². The summed E-state index contributed by atoms with van der Waals surface area (Å²) in [5, 5.41) is 0. The van der Waals surface area contributed by atoms with E-state index < -0.39 is 16.1 Å². The summed E-state index contributed by atoms with van der Waals surface area (Å²) in [6.07, 6.45) is 0. The fourth-order valence-electron chi connectivity index (χ4n) is 0.837. The Bertz CT molecular complexity index is 446. The summed E-state index contributed by atoms with van der Waals surface area (Å²) < 4.78 is 26.7. The van der Waals surface area contributed by atoms with E-state index in [1.54, 1.807) is 0 Å². The number of halogens is 1. The van der Waals surface area contributed by atoms with Crippen molar-refractivity contribution in [3.8, 4) is 0 Å². The number of carbonyl (C=O) groups is 1. The second-order valence-electron chi connectivity index (χ2n) is 2.60. The van der Waals surface area contributed by atoms with Gasteiger partial charge in [-0.3, -0.25) is 4.79 Å². The first-order valence-corrected chi connectivity index (χ1v) is 5.13. The van der Waals surface area contributed by atoms with Crippen LogP contribution in [0, 0.1) is 0 Å². The van der Waals surface area contributed by atoms with Gasteiger partial charge >= 0.3 is 45.6 Å². The van der Waals surface area contributed by atoms with Gasteiger partial charge in [0.2, 0.25) is 0 Å². The Hall–Kier alpha value is 0.170. The van der Waals surface area contributed by atoms with Crippen LogP contribution in [-0.4, -0.2) is 14.4 Å². The average Bonchev–Trinajstić information content (AvgIpc) is 2.02. The van der Waals surface area contributed by atoms with Gasteiger partial charge in [0.1, 0.15) is 4.90 Å². The van der Waals surface area contributed by atoms with E-state index in [2.05, 4.69) is 4.18 Å². The van der Waals surface area contributed by atoms with Crippen LogP contribution in [0.5, 0.6) is 0 Å². The molecule has 0 aromatic heterocycles. The van der Waals surface area contributed by atoms with Gasteiger partial charge in [0, 0.05) is 12.6 Å². The molecule has 0 spiro atoms. The van der Waals surface area contributed by atoms with E-state index in [-0.39, 0.29) is 58.4 Å². The van der Waals surface area contributed by atoms with Crippen LogP contribution in [0.4, 0.5) is 5.69 Å². The molecule has 0 radical (unpaired) electrons. The molecule has 5 nitrogen and oxygen atoms in total. The Balaban J connectivity index is 0. The van der Waals surface area contributed by atoms with E-state index in [1.807, 2.05) is 0 Å². The van der Waals surface area contributed by atoms with Gasteiger partial charge in [-0.2, -0.15) is 8.42 Å². The number of hydrogen-bond acceptors (Lipinski definition) is 5. The normalized spacial score (nSPS) is 9.56. The molecule has 1 rings (SSSR count). The molecule has 0 amide bonds. The predicted octanol–water partition coefficient (Wildman–Crippen LogP) is -5.47. The van der Waals surface area contributed by atoms with E-state index in [0.717, 1.165) is 6.92 Å². The second-order valence-corrected chi connectivity index (χ2v) is 4.14. The Morgan fingerprint density at radius 3 is 2.06 bits per heavy atom. The van der Waals surface area contributed by atoms with Crippen molar-refractivity contribution in [2.45, 2.75) is 11.8 Å². The van der Waals surface area contributed by atoms with Crippen molar-refractivity contribution in [2.24, 2.45) is 0 Å². The number of nitrogen functional groups attached to an aromatic ring is 1. The molecule has 84 valence electrons. The van der Waals surface area contributed by atoms with E-state index >= 15 is 0 Å². The van der Waals surface area contributed by atoms with Crippen molar-refractivity contribution in [1.29, 1.82) is 0 Å². The first kappa shape index (κ1) is 18.5. The molecule has 0 atom stereocenters. The van der Waals surface area contributed by atoms with Crippen LogP contribution < -0.4 is 59.3 Å². The number of carbonyl (C=O) groups excluding carboxylic acids is 1. The fourth-order valence-corrected chi connectivity index (χ4v) is 1.71. The summed E-state index contributed by atoms with van der Waals surface area (Å²) in [5.74, 6) is -0.873. The SMILES string of the molecule is CC(=O)OS(=O)(=O)c1ccc(N)cc1.[I-].[Na+]. The molecule has 0 aliphatic carbocycles. The Morgan fingerprint density at radius 2 is 1.69 bits per heavy atom. The number of hydrogen-bond donors (Lipinski definition) is 1. The van der Waals surface area contributed by atoms with Crippen molar-refractivity contribution in [2.75, 3.05) is 5.73 Å². The smallest absolute Gasteiger partial charge is 1.00 e. The standard InChI is InChI=1S/C8H9NO4S.HI.Na/c1-6(10)13-14(11,12)8-4-2-7(9)3-5-8;;/h2-5H,9H2,1H3;1H;/q;;+1/p-1. The van der Waals surface area contributed by atoms with Crippen LogP contribution in [-0.2, 0) is 19.1 Å². The van der Waals surface area contributed by atoms with E-state index in [0.29, 0.717) is 5.69 Å². The summed E-state index contributed by atoms with van der Waals surface area (Å²) in [6, 6.07) is 5.37. The number of benzene rings is 1. The fraction of sp³-hybridized carbons (Fsp3) is 0.125. The van der Waals surface area contributed by atoms with Gasteiger partial charge in [0.05, 0.1) is 0 Å². The predicted molar refractivity (Wildman–Crippen MR) is 49.8 cm³/mol. The van der Waals surface area contributed by atoms with Crippen molar-refractivity contribution in [3.63, 3.8) is 0 Å². The quantitative estimate of drug-likeness (QED) is 0.245. The molecular weight excluding hydrogens is 356 g/mol. The van der Waals surface area contributed by atoms with Crippen molar-refractivity contribution in [1.82, 2.24) is 0 Å². The molecule has 1 aromatic carbocycles. The van der Waals surface area contributed by atoms with Gasteiger partial charge in [0.15, 0.2) is 0 Å². The zero-order chi connectivity index (χ0) is 10.8. The second kappa shape index (κ2) is 7.49. The van der Waals surface area contributed by atoms with Gasteiger partial charge in [-0.15, -0.1) is 0 Å². The van der Waals surface area contributed by atoms with Gasteiger partial charge in [0.25, 0.3) is 0 Å². The number of nitrogens with two attached hydrogens (primary N) is 1. The molecule has 0 heterocycles. The topological polar surface area (TPSA) is 86.5 Å². The monoisotopic (exact) mass is 365 g/mol. The molecule has 0 saturated heterocycles. The molecular formula is C8H9INNaO4S. The van der Waals surface area contributed by atoms with E-state index in [1.165, 1.54) is 24.3 Å². The maximum Gasteiger partial charge on any atom is 1.00 e. The number of rotatable bonds is 2. The maximum absolute atomic E-state index is 11.3. The number of anilines is 1. The van der Waals surface area contributed by atoms with Crippen molar-refractivity contribution in [3.05, 3.63) is 24.3 Å². The third-order valence-corrected chi connectivity index (χ3v) is 2.70. The minimum atomic E-state index is -3.98.